The van der Waals surface area contributed by atoms with Crippen molar-refractivity contribution in [2.45, 2.75) is 219 Å². The smallest absolute Gasteiger partial charge is 0.306 e. The molecule has 0 aromatic heterocycles. The Bertz CT molecular complexity index is 1400. The molecule has 0 aliphatic carbocycles. The van der Waals surface area contributed by atoms with Gasteiger partial charge in [0.1, 0.15) is 13.2 Å². The van der Waals surface area contributed by atoms with Crippen LogP contribution >= 0.6 is 0 Å². The Morgan fingerprint density at radius 3 is 1.17 bits per heavy atom. The molecule has 0 fully saturated rings. The maximum Gasteiger partial charge on any atom is 0.306 e. The van der Waals surface area contributed by atoms with Gasteiger partial charge in [-0.2, -0.15) is 0 Å². The minimum absolute atomic E-state index is 0.111. The van der Waals surface area contributed by atoms with E-state index < -0.39 is 6.10 Å². The number of unbranched alkanes of at least 4 members (excludes halogenated alkanes) is 18. The molecular formula is C59H94O6. The molecule has 0 rings (SSSR count). The van der Waals surface area contributed by atoms with E-state index in [1.165, 1.54) is 57.8 Å². The molecule has 0 aliphatic rings. The van der Waals surface area contributed by atoms with E-state index in [0.717, 1.165) is 116 Å². The Kier molecular flexibility index (Phi) is 49.1. The molecule has 0 saturated heterocycles. The lowest BCUT2D eigenvalue weighted by Crippen LogP contribution is -2.30. The van der Waals surface area contributed by atoms with E-state index in [-0.39, 0.29) is 31.1 Å². The van der Waals surface area contributed by atoms with Crippen molar-refractivity contribution in [3.8, 4) is 0 Å². The van der Waals surface area contributed by atoms with E-state index in [1.807, 2.05) is 36.5 Å². The fraction of sp³-hybridized carbons (Fsp3) is 0.610. The summed E-state index contributed by atoms with van der Waals surface area (Å²) in [5, 5.41) is 0. The van der Waals surface area contributed by atoms with Crippen molar-refractivity contribution in [1.82, 2.24) is 0 Å². The van der Waals surface area contributed by atoms with Gasteiger partial charge in [-0.1, -0.05) is 213 Å². The highest BCUT2D eigenvalue weighted by Gasteiger charge is 2.19. The molecule has 1 atom stereocenters. The van der Waals surface area contributed by atoms with Crippen LogP contribution in [0.3, 0.4) is 0 Å². The standard InChI is InChI=1S/C59H94O6/c1-4-7-10-13-16-19-22-25-27-29-31-32-34-37-40-43-46-49-52-58(61)64-55-56(54-63-57(60)51-48-45-42-39-36-24-21-18-15-12-9-6-3)65-59(62)53-50-47-44-41-38-35-33-30-28-26-23-20-17-14-11-8-5-2/h9-10,12-13,16-22,25-29,31-32,36,39,56H,4-8,11,14-15,23-24,30,33-35,37-38,40-55H2,1-3H3/b12-9-,13-10-,19-16-,20-17-,21-18-,25-22-,28-26-,29-27-,32-31-,39-36-. The van der Waals surface area contributed by atoms with Crippen molar-refractivity contribution < 1.29 is 28.6 Å². The summed E-state index contributed by atoms with van der Waals surface area (Å²) in [6.07, 6.45) is 71.8. The minimum Gasteiger partial charge on any atom is -0.462 e. The number of carbonyl (C=O) groups excluding carboxylic acids is 3. The molecule has 366 valence electrons. The zero-order valence-electron chi connectivity index (χ0n) is 41.7. The number of rotatable bonds is 45. The number of esters is 3. The zero-order chi connectivity index (χ0) is 47.2. The fourth-order valence-corrected chi connectivity index (χ4v) is 6.63. The fourth-order valence-electron chi connectivity index (χ4n) is 6.63. The lowest BCUT2D eigenvalue weighted by atomic mass is 10.1. The monoisotopic (exact) mass is 899 g/mol. The van der Waals surface area contributed by atoms with Gasteiger partial charge in [0.15, 0.2) is 6.10 Å². The minimum atomic E-state index is -0.812. The van der Waals surface area contributed by atoms with Crippen molar-refractivity contribution in [3.05, 3.63) is 122 Å². The van der Waals surface area contributed by atoms with Crippen LogP contribution in [-0.2, 0) is 28.6 Å². The molecule has 0 radical (unpaired) electrons. The highest BCUT2D eigenvalue weighted by molar-refractivity contribution is 5.71. The maximum absolute atomic E-state index is 12.8. The molecule has 0 saturated carbocycles. The molecule has 0 aliphatic heterocycles. The second-order valence-electron chi connectivity index (χ2n) is 16.8. The molecule has 6 heteroatoms. The number of hydrogen-bond donors (Lipinski definition) is 0. The predicted octanol–water partition coefficient (Wildman–Crippen LogP) is 17.3. The Morgan fingerprint density at radius 1 is 0.338 bits per heavy atom. The Labute approximate surface area is 399 Å². The summed E-state index contributed by atoms with van der Waals surface area (Å²) in [5.41, 5.74) is 0. The average Bonchev–Trinajstić information content (AvgIpc) is 3.30. The molecule has 6 nitrogen and oxygen atoms in total. The molecule has 0 spiro atoms. The summed E-state index contributed by atoms with van der Waals surface area (Å²) in [5.74, 6) is -0.988. The van der Waals surface area contributed by atoms with Crippen LogP contribution in [0.15, 0.2) is 122 Å². The highest BCUT2D eigenvalue weighted by atomic mass is 16.6. The summed E-state index contributed by atoms with van der Waals surface area (Å²) in [6, 6.07) is 0. The third kappa shape index (κ3) is 50.7. The van der Waals surface area contributed by atoms with Gasteiger partial charge in [-0.3, -0.25) is 14.4 Å². The Balaban J connectivity index is 4.51. The van der Waals surface area contributed by atoms with Crippen LogP contribution in [-0.4, -0.2) is 37.2 Å². The summed E-state index contributed by atoms with van der Waals surface area (Å²) in [6.45, 7) is 6.33. The summed E-state index contributed by atoms with van der Waals surface area (Å²) >= 11 is 0. The highest BCUT2D eigenvalue weighted by Crippen LogP contribution is 2.13. The molecule has 1 unspecified atom stereocenters. The van der Waals surface area contributed by atoms with Crippen LogP contribution in [0, 0.1) is 0 Å². The molecule has 65 heavy (non-hydrogen) atoms. The first-order valence-electron chi connectivity index (χ1n) is 26.1. The molecule has 0 aromatic rings. The van der Waals surface area contributed by atoms with Crippen LogP contribution < -0.4 is 0 Å². The summed E-state index contributed by atoms with van der Waals surface area (Å²) < 4.78 is 16.7. The zero-order valence-corrected chi connectivity index (χ0v) is 41.7. The van der Waals surface area contributed by atoms with E-state index in [2.05, 4.69) is 106 Å². The normalized spacial score (nSPS) is 13.1. The second kappa shape index (κ2) is 52.4. The number of allylic oxidation sites excluding steroid dienone is 20. The van der Waals surface area contributed by atoms with Gasteiger partial charge in [-0.25, -0.2) is 0 Å². The average molecular weight is 899 g/mol. The third-order valence-corrected chi connectivity index (χ3v) is 10.5. The molecule has 0 N–H and O–H groups in total. The van der Waals surface area contributed by atoms with Gasteiger partial charge in [-0.05, 0) is 103 Å². The third-order valence-electron chi connectivity index (χ3n) is 10.5. The van der Waals surface area contributed by atoms with E-state index in [9.17, 15) is 14.4 Å². The summed E-state index contributed by atoms with van der Waals surface area (Å²) in [7, 11) is 0. The van der Waals surface area contributed by atoms with Crippen molar-refractivity contribution in [2.24, 2.45) is 0 Å². The van der Waals surface area contributed by atoms with Gasteiger partial charge < -0.3 is 14.2 Å². The van der Waals surface area contributed by atoms with Crippen molar-refractivity contribution in [3.63, 3.8) is 0 Å². The Hall–Kier alpha value is -4.19. The van der Waals surface area contributed by atoms with Gasteiger partial charge in [-0.15, -0.1) is 0 Å². The van der Waals surface area contributed by atoms with Crippen molar-refractivity contribution >= 4 is 17.9 Å². The van der Waals surface area contributed by atoms with Crippen LogP contribution in [0.5, 0.6) is 0 Å². The first kappa shape index (κ1) is 60.8. The van der Waals surface area contributed by atoms with Crippen molar-refractivity contribution in [1.29, 1.82) is 0 Å². The van der Waals surface area contributed by atoms with Crippen LogP contribution in [0.2, 0.25) is 0 Å². The quantitative estimate of drug-likeness (QED) is 0.0199. The summed E-state index contributed by atoms with van der Waals surface area (Å²) in [4.78, 5) is 38.0. The van der Waals surface area contributed by atoms with Crippen molar-refractivity contribution in [2.75, 3.05) is 13.2 Å². The van der Waals surface area contributed by atoms with Gasteiger partial charge in [0.05, 0.1) is 0 Å². The SMILES string of the molecule is CC/C=C\C/C=C\C/C=C\CCCCC(=O)OCC(COC(=O)CCCCCCC\C=C/C=C\C=C/C=C\C=C/CCC)OC(=O)CCCCCCCCC/C=C\C/C=C\CCCCC. The first-order chi connectivity index (χ1) is 32.0. The van der Waals surface area contributed by atoms with Crippen LogP contribution in [0.4, 0.5) is 0 Å². The lowest BCUT2D eigenvalue weighted by molar-refractivity contribution is -0.167. The largest absolute Gasteiger partial charge is 0.462 e. The van der Waals surface area contributed by atoms with Crippen LogP contribution in [0.1, 0.15) is 213 Å². The van der Waals surface area contributed by atoms with E-state index in [0.29, 0.717) is 19.3 Å². The molecule has 0 heterocycles. The molecule has 0 amide bonds. The number of ether oxygens (including phenoxy) is 3. The topological polar surface area (TPSA) is 78.9 Å². The number of carbonyl (C=O) groups is 3. The molecular weight excluding hydrogens is 805 g/mol. The van der Waals surface area contributed by atoms with E-state index >= 15 is 0 Å². The Morgan fingerprint density at radius 2 is 0.692 bits per heavy atom. The van der Waals surface area contributed by atoms with E-state index in [4.69, 9.17) is 14.2 Å². The first-order valence-corrected chi connectivity index (χ1v) is 26.1. The number of hydrogen-bond acceptors (Lipinski definition) is 6. The van der Waals surface area contributed by atoms with E-state index in [1.54, 1.807) is 0 Å². The van der Waals surface area contributed by atoms with Crippen LogP contribution in [0.25, 0.3) is 0 Å². The maximum atomic E-state index is 12.8. The van der Waals surface area contributed by atoms with Gasteiger partial charge >= 0.3 is 17.9 Å². The molecule has 0 aromatic carbocycles. The second-order valence-corrected chi connectivity index (χ2v) is 16.8. The molecule has 0 bridgehead atoms. The lowest BCUT2D eigenvalue weighted by Gasteiger charge is -2.18. The van der Waals surface area contributed by atoms with Gasteiger partial charge in [0.25, 0.3) is 0 Å². The van der Waals surface area contributed by atoms with Gasteiger partial charge in [0.2, 0.25) is 0 Å². The predicted molar refractivity (Wildman–Crippen MR) is 279 cm³/mol. The van der Waals surface area contributed by atoms with Gasteiger partial charge in [0, 0.05) is 19.3 Å².